The van der Waals surface area contributed by atoms with E-state index in [-0.39, 0.29) is 12.0 Å². The number of hydrogen-bond acceptors (Lipinski definition) is 3. The van der Waals surface area contributed by atoms with Crippen LogP contribution in [-0.4, -0.2) is 31.7 Å². The Balaban J connectivity index is 1.74. The summed E-state index contributed by atoms with van der Waals surface area (Å²) in [4.78, 5) is 11.8. The molecule has 0 aromatic heterocycles. The minimum atomic E-state index is -0.0246. The fourth-order valence-corrected chi connectivity index (χ4v) is 2.59. The van der Waals surface area contributed by atoms with E-state index in [1.165, 1.54) is 0 Å². The highest BCUT2D eigenvalue weighted by atomic mass is 79.9. The molecular weight excluding hydrogens is 308 g/mol. The summed E-state index contributed by atoms with van der Waals surface area (Å²) in [6.07, 6.45) is 2.47. The quantitative estimate of drug-likeness (QED) is 0.873. The van der Waals surface area contributed by atoms with Gasteiger partial charge in [-0.05, 0) is 43.5 Å². The van der Waals surface area contributed by atoms with Gasteiger partial charge in [0.05, 0.1) is 12.6 Å². The summed E-state index contributed by atoms with van der Waals surface area (Å²) in [6.45, 7) is 3.87. The molecule has 0 bridgehead atoms. The van der Waals surface area contributed by atoms with Crippen molar-refractivity contribution in [1.29, 1.82) is 0 Å². The van der Waals surface area contributed by atoms with Crippen LogP contribution in [0.2, 0.25) is 0 Å². The maximum absolute atomic E-state index is 11.8. The lowest BCUT2D eigenvalue weighted by molar-refractivity contribution is -0.115. The number of carbonyl (C=O) groups excluding carboxylic acids is 1. The summed E-state index contributed by atoms with van der Waals surface area (Å²) in [6, 6.07) is 5.80. The lowest BCUT2D eigenvalue weighted by Gasteiger charge is -2.12. The van der Waals surface area contributed by atoms with Gasteiger partial charge in [-0.1, -0.05) is 15.9 Å². The number of anilines is 1. The van der Waals surface area contributed by atoms with E-state index in [4.69, 9.17) is 4.74 Å². The Morgan fingerprint density at radius 3 is 3.05 bits per heavy atom. The molecule has 5 heteroatoms. The Bertz CT molecular complexity index is 445. The lowest BCUT2D eigenvalue weighted by atomic mass is 10.2. The third kappa shape index (κ3) is 4.60. The first-order valence-electron chi connectivity index (χ1n) is 6.53. The average Bonchev–Trinajstić information content (AvgIpc) is 2.86. The summed E-state index contributed by atoms with van der Waals surface area (Å²) < 4.78 is 6.50. The van der Waals surface area contributed by atoms with Crippen molar-refractivity contribution in [2.45, 2.75) is 25.9 Å². The van der Waals surface area contributed by atoms with E-state index in [2.05, 4.69) is 26.6 Å². The summed E-state index contributed by atoms with van der Waals surface area (Å²) >= 11 is 3.40. The number of amides is 1. The summed E-state index contributed by atoms with van der Waals surface area (Å²) in [5.74, 6) is -0.0246. The molecular formula is C14H19BrN2O2. The molecule has 0 radical (unpaired) electrons. The second-order valence-corrected chi connectivity index (χ2v) is 5.69. The molecule has 1 unspecified atom stereocenters. The van der Waals surface area contributed by atoms with Crippen LogP contribution in [0.15, 0.2) is 22.7 Å². The fourth-order valence-electron chi connectivity index (χ4n) is 2.11. The van der Waals surface area contributed by atoms with Crippen molar-refractivity contribution in [3.8, 4) is 0 Å². The lowest BCUT2D eigenvalue weighted by Crippen LogP contribution is -2.33. The molecule has 4 nitrogen and oxygen atoms in total. The van der Waals surface area contributed by atoms with Crippen LogP contribution in [-0.2, 0) is 9.53 Å². The SMILES string of the molecule is Cc1cc(Br)ccc1NC(=O)CNCC1CCCO1. The Hall–Kier alpha value is -0.910. The highest BCUT2D eigenvalue weighted by Gasteiger charge is 2.15. The molecule has 104 valence electrons. The predicted molar refractivity (Wildman–Crippen MR) is 79.4 cm³/mol. The molecule has 2 rings (SSSR count). The molecule has 1 aliphatic heterocycles. The molecule has 1 aromatic carbocycles. The van der Waals surface area contributed by atoms with Gasteiger partial charge < -0.3 is 15.4 Å². The van der Waals surface area contributed by atoms with Gasteiger partial charge in [0.1, 0.15) is 0 Å². The van der Waals surface area contributed by atoms with Gasteiger partial charge >= 0.3 is 0 Å². The van der Waals surface area contributed by atoms with Crippen molar-refractivity contribution in [2.75, 3.05) is 25.0 Å². The van der Waals surface area contributed by atoms with Gasteiger partial charge in [-0.25, -0.2) is 0 Å². The normalized spacial score (nSPS) is 18.5. The molecule has 1 heterocycles. The first-order chi connectivity index (χ1) is 9.15. The zero-order valence-corrected chi connectivity index (χ0v) is 12.6. The third-order valence-corrected chi connectivity index (χ3v) is 3.64. The maximum Gasteiger partial charge on any atom is 0.238 e. The van der Waals surface area contributed by atoms with Crippen LogP contribution in [0.1, 0.15) is 18.4 Å². The smallest absolute Gasteiger partial charge is 0.238 e. The largest absolute Gasteiger partial charge is 0.377 e. The Morgan fingerprint density at radius 2 is 2.37 bits per heavy atom. The number of benzene rings is 1. The third-order valence-electron chi connectivity index (χ3n) is 3.14. The number of ether oxygens (including phenoxy) is 1. The first-order valence-corrected chi connectivity index (χ1v) is 7.33. The van der Waals surface area contributed by atoms with Gasteiger partial charge in [-0.3, -0.25) is 4.79 Å². The van der Waals surface area contributed by atoms with Crippen LogP contribution < -0.4 is 10.6 Å². The van der Waals surface area contributed by atoms with Crippen molar-refractivity contribution in [2.24, 2.45) is 0 Å². The van der Waals surface area contributed by atoms with Crippen molar-refractivity contribution < 1.29 is 9.53 Å². The van der Waals surface area contributed by atoms with Gasteiger partial charge in [-0.2, -0.15) is 0 Å². The zero-order valence-electron chi connectivity index (χ0n) is 11.0. The monoisotopic (exact) mass is 326 g/mol. The van der Waals surface area contributed by atoms with E-state index in [0.29, 0.717) is 6.54 Å². The Labute approximate surface area is 122 Å². The number of hydrogen-bond donors (Lipinski definition) is 2. The number of rotatable bonds is 5. The van der Waals surface area contributed by atoms with Crippen molar-refractivity contribution in [3.63, 3.8) is 0 Å². The van der Waals surface area contributed by atoms with Gasteiger partial charge in [0.2, 0.25) is 5.91 Å². The summed E-state index contributed by atoms with van der Waals surface area (Å²) in [5.41, 5.74) is 1.90. The molecule has 0 spiro atoms. The molecule has 1 atom stereocenters. The number of aryl methyl sites for hydroxylation is 1. The fraction of sp³-hybridized carbons (Fsp3) is 0.500. The second kappa shape index (κ2) is 7.03. The number of nitrogens with one attached hydrogen (secondary N) is 2. The van der Waals surface area contributed by atoms with Crippen molar-refractivity contribution in [1.82, 2.24) is 5.32 Å². The molecule has 1 aromatic rings. The Kier molecular flexibility index (Phi) is 5.36. The first kappa shape index (κ1) is 14.5. The van der Waals surface area contributed by atoms with E-state index in [1.807, 2.05) is 25.1 Å². The highest BCUT2D eigenvalue weighted by Crippen LogP contribution is 2.19. The maximum atomic E-state index is 11.8. The van der Waals surface area contributed by atoms with Crippen molar-refractivity contribution >= 4 is 27.5 Å². The van der Waals surface area contributed by atoms with E-state index >= 15 is 0 Å². The second-order valence-electron chi connectivity index (χ2n) is 4.77. The molecule has 1 amide bonds. The minimum absolute atomic E-state index is 0.0246. The van der Waals surface area contributed by atoms with E-state index in [9.17, 15) is 4.79 Å². The van der Waals surface area contributed by atoms with E-state index in [1.54, 1.807) is 0 Å². The molecule has 1 fully saturated rings. The molecule has 0 saturated carbocycles. The van der Waals surface area contributed by atoms with Crippen LogP contribution in [0.4, 0.5) is 5.69 Å². The van der Waals surface area contributed by atoms with Gasteiger partial charge in [0, 0.05) is 23.3 Å². The highest BCUT2D eigenvalue weighted by molar-refractivity contribution is 9.10. The van der Waals surface area contributed by atoms with Crippen LogP contribution in [0.3, 0.4) is 0 Å². The molecule has 1 saturated heterocycles. The molecule has 0 aliphatic carbocycles. The molecule has 1 aliphatic rings. The van der Waals surface area contributed by atoms with E-state index < -0.39 is 0 Å². The molecule has 19 heavy (non-hydrogen) atoms. The minimum Gasteiger partial charge on any atom is -0.377 e. The van der Waals surface area contributed by atoms with Gasteiger partial charge in [0.15, 0.2) is 0 Å². The van der Waals surface area contributed by atoms with Crippen LogP contribution in [0, 0.1) is 6.92 Å². The van der Waals surface area contributed by atoms with Crippen LogP contribution in [0.25, 0.3) is 0 Å². The Morgan fingerprint density at radius 1 is 1.53 bits per heavy atom. The number of carbonyl (C=O) groups is 1. The summed E-state index contributed by atoms with van der Waals surface area (Å²) in [7, 11) is 0. The molecule has 2 N–H and O–H groups in total. The summed E-state index contributed by atoms with van der Waals surface area (Å²) in [5, 5.41) is 6.03. The van der Waals surface area contributed by atoms with Crippen LogP contribution in [0.5, 0.6) is 0 Å². The van der Waals surface area contributed by atoms with Crippen LogP contribution >= 0.6 is 15.9 Å². The topological polar surface area (TPSA) is 50.4 Å². The standard InChI is InChI=1S/C14H19BrN2O2/c1-10-7-11(15)4-5-13(10)17-14(18)9-16-8-12-3-2-6-19-12/h4-5,7,12,16H,2-3,6,8-9H2,1H3,(H,17,18). The number of halogens is 1. The predicted octanol–water partition coefficient (Wildman–Crippen LogP) is 2.46. The van der Waals surface area contributed by atoms with E-state index in [0.717, 1.165) is 41.7 Å². The average molecular weight is 327 g/mol. The van der Waals surface area contributed by atoms with Crippen molar-refractivity contribution in [3.05, 3.63) is 28.2 Å². The zero-order chi connectivity index (χ0) is 13.7. The van der Waals surface area contributed by atoms with Gasteiger partial charge in [0.25, 0.3) is 0 Å². The van der Waals surface area contributed by atoms with Gasteiger partial charge in [-0.15, -0.1) is 0 Å².